The molecule has 1 saturated carbocycles. The standard InChI is InChI=1S/C28H36Cl2N2O2/c1-19(2)22-15-12-21(13-16-22)14-17-27(33)32(18-24-25(29)10-7-11-26(24)30)20(3)28(34)31-23-8-5-4-6-9-23/h7,10-13,15-16,19-20,23H,4-6,8-9,14,17-18H2,1-3H3,(H,31,34)/t20-/m1/s1. The van der Waals surface area contributed by atoms with E-state index in [4.69, 9.17) is 23.2 Å². The van der Waals surface area contributed by atoms with E-state index in [9.17, 15) is 9.59 Å². The lowest BCUT2D eigenvalue weighted by atomic mass is 9.95. The summed E-state index contributed by atoms with van der Waals surface area (Å²) in [6, 6.07) is 13.3. The molecule has 2 aromatic carbocycles. The van der Waals surface area contributed by atoms with Crippen molar-refractivity contribution in [1.82, 2.24) is 10.2 Å². The molecule has 4 nitrogen and oxygen atoms in total. The van der Waals surface area contributed by atoms with Crippen LogP contribution in [0, 0.1) is 0 Å². The molecule has 0 spiro atoms. The van der Waals surface area contributed by atoms with Gasteiger partial charge in [-0.1, -0.05) is 86.6 Å². The summed E-state index contributed by atoms with van der Waals surface area (Å²) in [6.07, 6.45) is 6.39. The van der Waals surface area contributed by atoms with E-state index in [0.717, 1.165) is 31.2 Å². The maximum absolute atomic E-state index is 13.4. The zero-order valence-corrected chi connectivity index (χ0v) is 22.0. The highest BCUT2D eigenvalue weighted by molar-refractivity contribution is 6.36. The monoisotopic (exact) mass is 502 g/mol. The number of amides is 2. The molecule has 1 aliphatic carbocycles. The molecular weight excluding hydrogens is 467 g/mol. The van der Waals surface area contributed by atoms with Crippen molar-refractivity contribution in [2.75, 3.05) is 0 Å². The summed E-state index contributed by atoms with van der Waals surface area (Å²) in [5.41, 5.74) is 3.05. The topological polar surface area (TPSA) is 49.4 Å². The van der Waals surface area contributed by atoms with Gasteiger partial charge in [-0.3, -0.25) is 9.59 Å². The Labute approximate surface area is 214 Å². The number of carbonyl (C=O) groups excluding carboxylic acids is 2. The molecular formula is C28H36Cl2N2O2. The lowest BCUT2D eigenvalue weighted by molar-refractivity contribution is -0.141. The first-order valence-corrected chi connectivity index (χ1v) is 13.1. The number of hydrogen-bond acceptors (Lipinski definition) is 2. The molecule has 2 aromatic rings. The molecule has 0 heterocycles. The Bertz CT molecular complexity index is 949. The van der Waals surface area contributed by atoms with Gasteiger partial charge in [0.15, 0.2) is 0 Å². The molecule has 0 radical (unpaired) electrons. The van der Waals surface area contributed by atoms with E-state index in [-0.39, 0.29) is 24.4 Å². The number of benzene rings is 2. The first-order valence-electron chi connectivity index (χ1n) is 12.4. The second-order valence-corrected chi connectivity index (χ2v) is 10.5. The van der Waals surface area contributed by atoms with E-state index >= 15 is 0 Å². The van der Waals surface area contributed by atoms with Crippen LogP contribution < -0.4 is 5.32 Å². The fourth-order valence-corrected chi connectivity index (χ4v) is 4.99. The molecule has 0 bridgehead atoms. The van der Waals surface area contributed by atoms with Gasteiger partial charge in [0, 0.05) is 34.6 Å². The van der Waals surface area contributed by atoms with Crippen LogP contribution in [0.1, 0.15) is 81.9 Å². The van der Waals surface area contributed by atoms with E-state index in [1.165, 1.54) is 12.0 Å². The molecule has 1 N–H and O–H groups in total. The highest BCUT2D eigenvalue weighted by atomic mass is 35.5. The lowest BCUT2D eigenvalue weighted by Crippen LogP contribution is -2.50. The maximum atomic E-state index is 13.4. The van der Waals surface area contributed by atoms with Gasteiger partial charge in [-0.25, -0.2) is 0 Å². The maximum Gasteiger partial charge on any atom is 0.242 e. The number of hydrogen-bond donors (Lipinski definition) is 1. The molecule has 0 unspecified atom stereocenters. The van der Waals surface area contributed by atoms with Crippen LogP contribution >= 0.6 is 23.2 Å². The molecule has 184 valence electrons. The first-order chi connectivity index (χ1) is 16.3. The molecule has 0 aliphatic heterocycles. The molecule has 0 aromatic heterocycles. The first kappa shape index (κ1) is 26.6. The van der Waals surface area contributed by atoms with Gasteiger partial charge < -0.3 is 10.2 Å². The average Bonchev–Trinajstić information content (AvgIpc) is 2.83. The number of nitrogens with one attached hydrogen (secondary N) is 1. The number of halogens is 2. The predicted octanol–water partition coefficient (Wildman–Crippen LogP) is 6.92. The third kappa shape index (κ3) is 7.23. The van der Waals surface area contributed by atoms with Gasteiger partial charge in [0.2, 0.25) is 11.8 Å². The minimum Gasteiger partial charge on any atom is -0.352 e. The molecule has 1 atom stereocenters. The van der Waals surface area contributed by atoms with Crippen LogP contribution in [0.5, 0.6) is 0 Å². The molecule has 2 amide bonds. The van der Waals surface area contributed by atoms with Crippen molar-refractivity contribution in [2.24, 2.45) is 0 Å². The van der Waals surface area contributed by atoms with Gasteiger partial charge in [-0.05, 0) is 55.4 Å². The molecule has 1 fully saturated rings. The zero-order chi connectivity index (χ0) is 24.7. The smallest absolute Gasteiger partial charge is 0.242 e. The van der Waals surface area contributed by atoms with Crippen LogP contribution in [-0.4, -0.2) is 28.8 Å². The predicted molar refractivity (Wildman–Crippen MR) is 140 cm³/mol. The summed E-state index contributed by atoms with van der Waals surface area (Å²) in [5.74, 6) is 0.259. The Morgan fingerprint density at radius 3 is 2.18 bits per heavy atom. The summed E-state index contributed by atoms with van der Waals surface area (Å²) < 4.78 is 0. The normalized spacial score (nSPS) is 15.2. The van der Waals surface area contributed by atoms with Gasteiger partial charge in [0.05, 0.1) is 0 Å². The van der Waals surface area contributed by atoms with Crippen molar-refractivity contribution in [3.63, 3.8) is 0 Å². The largest absolute Gasteiger partial charge is 0.352 e. The lowest BCUT2D eigenvalue weighted by Gasteiger charge is -2.31. The van der Waals surface area contributed by atoms with E-state index < -0.39 is 6.04 Å². The highest BCUT2D eigenvalue weighted by Gasteiger charge is 2.29. The van der Waals surface area contributed by atoms with Crippen molar-refractivity contribution >= 4 is 35.0 Å². The average molecular weight is 504 g/mol. The van der Waals surface area contributed by atoms with E-state index in [1.54, 1.807) is 30.0 Å². The van der Waals surface area contributed by atoms with Crippen LogP contribution in [-0.2, 0) is 22.6 Å². The minimum atomic E-state index is -0.620. The summed E-state index contributed by atoms with van der Waals surface area (Å²) >= 11 is 12.8. The summed E-state index contributed by atoms with van der Waals surface area (Å²) in [6.45, 7) is 6.31. The highest BCUT2D eigenvalue weighted by Crippen LogP contribution is 2.27. The van der Waals surface area contributed by atoms with E-state index in [1.807, 2.05) is 0 Å². The van der Waals surface area contributed by atoms with Gasteiger partial charge in [0.1, 0.15) is 6.04 Å². The number of carbonyl (C=O) groups is 2. The number of nitrogens with zero attached hydrogens (tertiary/aromatic N) is 1. The fourth-order valence-electron chi connectivity index (χ4n) is 4.47. The van der Waals surface area contributed by atoms with Gasteiger partial charge in [-0.2, -0.15) is 0 Å². The second kappa shape index (κ2) is 12.6. The SMILES string of the molecule is CC(C)c1ccc(CCC(=O)N(Cc2c(Cl)cccc2Cl)[C@H](C)C(=O)NC2CCCCC2)cc1. The van der Waals surface area contributed by atoms with Crippen molar-refractivity contribution in [1.29, 1.82) is 0 Å². The fraction of sp³-hybridized carbons (Fsp3) is 0.500. The van der Waals surface area contributed by atoms with Gasteiger partial charge in [0.25, 0.3) is 0 Å². The van der Waals surface area contributed by atoms with Crippen LogP contribution in [0.25, 0.3) is 0 Å². The summed E-state index contributed by atoms with van der Waals surface area (Å²) in [5, 5.41) is 4.15. The molecule has 0 saturated heterocycles. The third-order valence-corrected chi connectivity index (χ3v) is 7.49. The molecule has 1 aliphatic rings. The van der Waals surface area contributed by atoms with Crippen LogP contribution in [0.15, 0.2) is 42.5 Å². The van der Waals surface area contributed by atoms with Gasteiger partial charge >= 0.3 is 0 Å². The Balaban J connectivity index is 1.74. The molecule has 3 rings (SSSR count). The van der Waals surface area contributed by atoms with Crippen molar-refractivity contribution in [3.05, 3.63) is 69.2 Å². The van der Waals surface area contributed by atoms with Crippen molar-refractivity contribution in [3.8, 4) is 0 Å². The Morgan fingerprint density at radius 1 is 0.971 bits per heavy atom. The van der Waals surface area contributed by atoms with Crippen LogP contribution in [0.3, 0.4) is 0 Å². The third-order valence-electron chi connectivity index (χ3n) is 6.78. The Hall–Kier alpha value is -2.04. The van der Waals surface area contributed by atoms with Crippen molar-refractivity contribution < 1.29 is 9.59 Å². The van der Waals surface area contributed by atoms with Crippen LogP contribution in [0.4, 0.5) is 0 Å². The number of aryl methyl sites for hydroxylation is 1. The zero-order valence-electron chi connectivity index (χ0n) is 20.4. The molecule has 6 heteroatoms. The second-order valence-electron chi connectivity index (χ2n) is 9.64. The van der Waals surface area contributed by atoms with E-state index in [2.05, 4.69) is 43.4 Å². The Morgan fingerprint density at radius 2 is 1.59 bits per heavy atom. The summed E-state index contributed by atoms with van der Waals surface area (Å²) in [4.78, 5) is 28.2. The molecule has 34 heavy (non-hydrogen) atoms. The van der Waals surface area contributed by atoms with E-state index in [0.29, 0.717) is 34.4 Å². The Kier molecular flexibility index (Phi) is 9.85. The summed E-state index contributed by atoms with van der Waals surface area (Å²) in [7, 11) is 0. The quantitative estimate of drug-likeness (QED) is 0.404. The number of rotatable bonds is 9. The van der Waals surface area contributed by atoms with Crippen LogP contribution in [0.2, 0.25) is 10.0 Å². The van der Waals surface area contributed by atoms with Crippen molar-refractivity contribution in [2.45, 2.75) is 90.3 Å². The minimum absolute atomic E-state index is 0.0878. The van der Waals surface area contributed by atoms with Gasteiger partial charge in [-0.15, -0.1) is 0 Å².